The Kier molecular flexibility index (Phi) is 5.65. The van der Waals surface area contributed by atoms with Gasteiger partial charge in [-0.05, 0) is 18.3 Å². The summed E-state index contributed by atoms with van der Waals surface area (Å²) in [5.74, 6) is 2.40. The molecule has 0 fully saturated rings. The third-order valence-electron chi connectivity index (χ3n) is 1.44. The standard InChI is InChI=1S/C9H18OS/c1-7(2)5-8(3)6-11-9(4)10/h7-8H,5-6H2,1-4H3. The van der Waals surface area contributed by atoms with Crippen molar-refractivity contribution >= 4 is 16.9 Å². The van der Waals surface area contributed by atoms with E-state index in [0.29, 0.717) is 5.92 Å². The molecule has 0 amide bonds. The van der Waals surface area contributed by atoms with Crippen LogP contribution in [0.15, 0.2) is 0 Å². The van der Waals surface area contributed by atoms with Crippen LogP contribution in [0.1, 0.15) is 34.1 Å². The first-order chi connectivity index (χ1) is 5.02. The SMILES string of the molecule is CC(=O)SCC(C)CC(C)C. The third-order valence-corrected chi connectivity index (χ3v) is 2.59. The van der Waals surface area contributed by atoms with Gasteiger partial charge in [0.25, 0.3) is 0 Å². The van der Waals surface area contributed by atoms with Gasteiger partial charge in [0, 0.05) is 12.7 Å². The van der Waals surface area contributed by atoms with E-state index in [0.717, 1.165) is 11.7 Å². The molecule has 0 heterocycles. The van der Waals surface area contributed by atoms with Gasteiger partial charge in [-0.3, -0.25) is 4.79 Å². The van der Waals surface area contributed by atoms with Gasteiger partial charge in [-0.2, -0.15) is 0 Å². The van der Waals surface area contributed by atoms with Gasteiger partial charge >= 0.3 is 0 Å². The summed E-state index contributed by atoms with van der Waals surface area (Å²) in [6, 6.07) is 0. The molecule has 0 bridgehead atoms. The number of carbonyl (C=O) groups is 1. The maximum atomic E-state index is 10.6. The molecule has 11 heavy (non-hydrogen) atoms. The molecular weight excluding hydrogens is 156 g/mol. The first-order valence-electron chi connectivity index (χ1n) is 4.15. The summed E-state index contributed by atoms with van der Waals surface area (Å²) in [6.07, 6.45) is 1.22. The summed E-state index contributed by atoms with van der Waals surface area (Å²) in [6.45, 7) is 8.27. The van der Waals surface area contributed by atoms with E-state index < -0.39 is 0 Å². The summed E-state index contributed by atoms with van der Waals surface area (Å²) in [4.78, 5) is 10.6. The molecule has 0 spiro atoms. The van der Waals surface area contributed by atoms with Crippen LogP contribution in [0.25, 0.3) is 0 Å². The van der Waals surface area contributed by atoms with E-state index >= 15 is 0 Å². The van der Waals surface area contributed by atoms with Crippen molar-refractivity contribution in [3.8, 4) is 0 Å². The summed E-state index contributed by atoms with van der Waals surface area (Å²) in [5.41, 5.74) is 0. The Hall–Kier alpha value is 0.0200. The van der Waals surface area contributed by atoms with Gasteiger partial charge < -0.3 is 0 Å². The molecule has 0 aliphatic rings. The molecule has 1 atom stereocenters. The predicted octanol–water partition coefficient (Wildman–Crippen LogP) is 2.95. The molecule has 0 saturated carbocycles. The van der Waals surface area contributed by atoms with E-state index in [2.05, 4.69) is 20.8 Å². The Morgan fingerprint density at radius 3 is 2.27 bits per heavy atom. The fourth-order valence-corrected chi connectivity index (χ4v) is 1.79. The number of rotatable bonds is 4. The normalized spacial score (nSPS) is 13.5. The average Bonchev–Trinajstić information content (AvgIpc) is 1.82. The number of hydrogen-bond acceptors (Lipinski definition) is 2. The average molecular weight is 174 g/mol. The lowest BCUT2D eigenvalue weighted by atomic mass is 10.0. The molecule has 0 radical (unpaired) electrons. The highest BCUT2D eigenvalue weighted by molar-refractivity contribution is 8.13. The maximum Gasteiger partial charge on any atom is 0.185 e. The minimum Gasteiger partial charge on any atom is -0.288 e. The Bertz CT molecular complexity index is 121. The molecule has 0 aliphatic heterocycles. The predicted molar refractivity (Wildman–Crippen MR) is 51.8 cm³/mol. The lowest BCUT2D eigenvalue weighted by Gasteiger charge is -2.11. The minimum atomic E-state index is 0.237. The highest BCUT2D eigenvalue weighted by Gasteiger charge is 2.05. The van der Waals surface area contributed by atoms with E-state index in [-0.39, 0.29) is 5.12 Å². The highest BCUT2D eigenvalue weighted by Crippen LogP contribution is 2.16. The van der Waals surface area contributed by atoms with E-state index in [9.17, 15) is 4.79 Å². The Morgan fingerprint density at radius 1 is 1.36 bits per heavy atom. The second-order valence-corrected chi connectivity index (χ2v) is 4.73. The number of thioether (sulfide) groups is 1. The third kappa shape index (κ3) is 7.92. The lowest BCUT2D eigenvalue weighted by molar-refractivity contribution is -0.109. The molecule has 0 saturated heterocycles. The van der Waals surface area contributed by atoms with Crippen molar-refractivity contribution in [3.05, 3.63) is 0 Å². The van der Waals surface area contributed by atoms with Gasteiger partial charge in [0.05, 0.1) is 0 Å². The molecule has 0 rings (SSSR count). The Morgan fingerprint density at radius 2 is 1.91 bits per heavy atom. The van der Waals surface area contributed by atoms with Crippen molar-refractivity contribution in [1.82, 2.24) is 0 Å². The van der Waals surface area contributed by atoms with Crippen molar-refractivity contribution < 1.29 is 4.79 Å². The van der Waals surface area contributed by atoms with Crippen LogP contribution in [0, 0.1) is 11.8 Å². The fraction of sp³-hybridized carbons (Fsp3) is 0.889. The van der Waals surface area contributed by atoms with E-state index in [1.54, 1.807) is 6.92 Å². The highest BCUT2D eigenvalue weighted by atomic mass is 32.2. The van der Waals surface area contributed by atoms with Crippen LogP contribution >= 0.6 is 11.8 Å². The minimum absolute atomic E-state index is 0.237. The first-order valence-corrected chi connectivity index (χ1v) is 5.14. The molecule has 0 N–H and O–H groups in total. The van der Waals surface area contributed by atoms with Crippen LogP contribution in [-0.2, 0) is 4.79 Å². The molecule has 0 aromatic carbocycles. The van der Waals surface area contributed by atoms with Crippen LogP contribution in [-0.4, -0.2) is 10.9 Å². The van der Waals surface area contributed by atoms with Crippen LogP contribution < -0.4 is 0 Å². The summed E-state index contributed by atoms with van der Waals surface area (Å²) >= 11 is 1.44. The quantitative estimate of drug-likeness (QED) is 0.652. The zero-order chi connectivity index (χ0) is 8.85. The molecule has 0 aliphatic carbocycles. The van der Waals surface area contributed by atoms with Crippen molar-refractivity contribution in [2.24, 2.45) is 11.8 Å². The molecule has 66 valence electrons. The topological polar surface area (TPSA) is 17.1 Å². The molecular formula is C9H18OS. The van der Waals surface area contributed by atoms with Crippen LogP contribution in [0.2, 0.25) is 0 Å². The van der Waals surface area contributed by atoms with Gasteiger partial charge in [0.15, 0.2) is 5.12 Å². The first kappa shape index (κ1) is 11.0. The molecule has 2 heteroatoms. The molecule has 0 aromatic rings. The summed E-state index contributed by atoms with van der Waals surface area (Å²) < 4.78 is 0. The smallest absolute Gasteiger partial charge is 0.185 e. The van der Waals surface area contributed by atoms with Crippen molar-refractivity contribution in [1.29, 1.82) is 0 Å². The monoisotopic (exact) mass is 174 g/mol. The molecule has 0 aromatic heterocycles. The van der Waals surface area contributed by atoms with Crippen LogP contribution in [0.4, 0.5) is 0 Å². The Balaban J connectivity index is 3.37. The van der Waals surface area contributed by atoms with Gasteiger partial charge in [-0.25, -0.2) is 0 Å². The second-order valence-electron chi connectivity index (χ2n) is 3.54. The van der Waals surface area contributed by atoms with Gasteiger partial charge in [0.1, 0.15) is 0 Å². The van der Waals surface area contributed by atoms with Gasteiger partial charge in [-0.1, -0.05) is 32.5 Å². The molecule has 1 unspecified atom stereocenters. The maximum absolute atomic E-state index is 10.6. The lowest BCUT2D eigenvalue weighted by Crippen LogP contribution is -2.03. The van der Waals surface area contributed by atoms with Gasteiger partial charge in [0.2, 0.25) is 0 Å². The van der Waals surface area contributed by atoms with E-state index in [4.69, 9.17) is 0 Å². The second kappa shape index (κ2) is 5.64. The van der Waals surface area contributed by atoms with Crippen molar-refractivity contribution in [3.63, 3.8) is 0 Å². The number of carbonyl (C=O) groups excluding carboxylic acids is 1. The summed E-state index contributed by atoms with van der Waals surface area (Å²) in [7, 11) is 0. The Labute approximate surface area is 73.9 Å². The fourth-order valence-electron chi connectivity index (χ4n) is 1.13. The van der Waals surface area contributed by atoms with Crippen molar-refractivity contribution in [2.75, 3.05) is 5.75 Å². The van der Waals surface area contributed by atoms with E-state index in [1.807, 2.05) is 0 Å². The molecule has 1 nitrogen and oxygen atoms in total. The largest absolute Gasteiger partial charge is 0.288 e. The number of hydrogen-bond donors (Lipinski definition) is 0. The zero-order valence-corrected chi connectivity index (χ0v) is 8.70. The zero-order valence-electron chi connectivity index (χ0n) is 7.89. The van der Waals surface area contributed by atoms with E-state index in [1.165, 1.54) is 18.2 Å². The van der Waals surface area contributed by atoms with Crippen LogP contribution in [0.5, 0.6) is 0 Å². The van der Waals surface area contributed by atoms with Gasteiger partial charge in [-0.15, -0.1) is 0 Å². The summed E-state index contributed by atoms with van der Waals surface area (Å²) in [5, 5.41) is 0.237. The van der Waals surface area contributed by atoms with Crippen molar-refractivity contribution in [2.45, 2.75) is 34.1 Å². The van der Waals surface area contributed by atoms with Crippen LogP contribution in [0.3, 0.4) is 0 Å².